The van der Waals surface area contributed by atoms with Crippen LogP contribution in [-0.2, 0) is 9.53 Å². The molecule has 0 aromatic heterocycles. The van der Waals surface area contributed by atoms with Gasteiger partial charge in [0.1, 0.15) is 6.04 Å². The highest BCUT2D eigenvalue weighted by molar-refractivity contribution is 6.02. The Balaban J connectivity index is 2.03. The fraction of sp³-hybridized carbons (Fsp3) is 0.318. The number of ketones is 1. The molecule has 2 aromatic carbocycles. The first kappa shape index (κ1) is 22.7. The zero-order chi connectivity index (χ0) is 22.6. The number of hydrogen-bond acceptors (Lipinski definition) is 6. The van der Waals surface area contributed by atoms with E-state index in [-0.39, 0.29) is 17.0 Å². The molecule has 0 saturated heterocycles. The number of nitro benzene ring substituents is 1. The molecule has 2 rings (SSSR count). The lowest BCUT2D eigenvalue weighted by molar-refractivity contribution is -0.384. The van der Waals surface area contributed by atoms with Gasteiger partial charge in [-0.3, -0.25) is 19.7 Å². The van der Waals surface area contributed by atoms with Crippen LogP contribution in [0.2, 0.25) is 0 Å². The maximum Gasteiger partial charge on any atom is 0.329 e. The number of esters is 1. The number of benzene rings is 2. The highest BCUT2D eigenvalue weighted by atomic mass is 16.6. The molecule has 0 aliphatic rings. The molecule has 2 unspecified atom stereocenters. The van der Waals surface area contributed by atoms with Crippen LogP contribution in [0.15, 0.2) is 36.4 Å². The van der Waals surface area contributed by atoms with E-state index < -0.39 is 28.9 Å². The summed E-state index contributed by atoms with van der Waals surface area (Å²) in [6, 6.07) is 7.77. The quantitative estimate of drug-likeness (QED) is 0.322. The molecule has 1 amide bonds. The lowest BCUT2D eigenvalue weighted by Gasteiger charge is -2.18. The zero-order valence-electron chi connectivity index (χ0n) is 17.5. The van der Waals surface area contributed by atoms with E-state index in [9.17, 15) is 24.5 Å². The Labute approximate surface area is 174 Å². The number of carbonyl (C=O) groups excluding carboxylic acids is 3. The fourth-order valence-electron chi connectivity index (χ4n) is 2.87. The van der Waals surface area contributed by atoms with Gasteiger partial charge in [-0.25, -0.2) is 4.79 Å². The second-order valence-electron chi connectivity index (χ2n) is 7.20. The van der Waals surface area contributed by atoms with E-state index in [4.69, 9.17) is 4.74 Å². The Kier molecular flexibility index (Phi) is 7.05. The van der Waals surface area contributed by atoms with Gasteiger partial charge in [0.15, 0.2) is 6.10 Å². The number of nitrogens with zero attached hydrogens (tertiary/aromatic N) is 1. The Morgan fingerprint density at radius 1 is 1.00 bits per heavy atom. The maximum atomic E-state index is 12.7. The molecule has 2 atom stereocenters. The van der Waals surface area contributed by atoms with Crippen LogP contribution in [0, 0.1) is 30.9 Å². The maximum absolute atomic E-state index is 12.7. The number of Topliss-reactive ketones (excluding diaryl/α,β-unsaturated/α-hetero) is 1. The van der Waals surface area contributed by atoms with Crippen molar-refractivity contribution in [2.75, 3.05) is 0 Å². The van der Waals surface area contributed by atoms with Crippen molar-refractivity contribution in [1.29, 1.82) is 0 Å². The number of aryl methyl sites for hydroxylation is 3. The molecule has 1 N–H and O–H groups in total. The molecule has 2 aromatic rings. The third kappa shape index (κ3) is 5.28. The van der Waals surface area contributed by atoms with Crippen molar-refractivity contribution in [3.63, 3.8) is 0 Å². The van der Waals surface area contributed by atoms with Crippen molar-refractivity contribution in [3.8, 4) is 0 Å². The molecule has 158 valence electrons. The Morgan fingerprint density at radius 3 is 2.27 bits per heavy atom. The lowest BCUT2D eigenvalue weighted by Crippen LogP contribution is -2.41. The third-order valence-electron chi connectivity index (χ3n) is 4.79. The number of ether oxygens (including phenoxy) is 1. The standard InChI is InChI=1S/C22H24N2O6/c1-12-9-14(3)19(10-13(12)2)20(25)16(5)30-22(27)15(4)23-21(26)17-7-6-8-18(11-17)24(28)29/h6-11,15-16H,1-5H3,(H,23,26). The van der Waals surface area contributed by atoms with Crippen molar-refractivity contribution in [2.45, 2.75) is 46.8 Å². The highest BCUT2D eigenvalue weighted by Gasteiger charge is 2.25. The first-order chi connectivity index (χ1) is 14.0. The molecule has 0 radical (unpaired) electrons. The normalized spacial score (nSPS) is 12.6. The molecule has 8 heteroatoms. The first-order valence-electron chi connectivity index (χ1n) is 9.39. The number of rotatable bonds is 7. The van der Waals surface area contributed by atoms with E-state index >= 15 is 0 Å². The molecule has 0 heterocycles. The third-order valence-corrected chi connectivity index (χ3v) is 4.79. The van der Waals surface area contributed by atoms with E-state index in [1.54, 1.807) is 6.07 Å². The topological polar surface area (TPSA) is 116 Å². The van der Waals surface area contributed by atoms with Gasteiger partial charge in [-0.2, -0.15) is 0 Å². The summed E-state index contributed by atoms with van der Waals surface area (Å²) in [6.07, 6.45) is -1.03. The van der Waals surface area contributed by atoms with E-state index in [1.165, 1.54) is 32.0 Å². The predicted molar refractivity (Wildman–Crippen MR) is 111 cm³/mol. The van der Waals surface area contributed by atoms with E-state index in [0.29, 0.717) is 5.56 Å². The number of carbonyl (C=O) groups is 3. The fourth-order valence-corrected chi connectivity index (χ4v) is 2.87. The van der Waals surface area contributed by atoms with Crippen LogP contribution in [0.25, 0.3) is 0 Å². The summed E-state index contributed by atoms with van der Waals surface area (Å²) in [5, 5.41) is 13.3. The second kappa shape index (κ2) is 9.30. The van der Waals surface area contributed by atoms with Crippen LogP contribution in [0.5, 0.6) is 0 Å². The summed E-state index contributed by atoms with van der Waals surface area (Å²) < 4.78 is 5.24. The van der Waals surface area contributed by atoms with Crippen LogP contribution < -0.4 is 5.32 Å². The first-order valence-corrected chi connectivity index (χ1v) is 9.39. The minimum Gasteiger partial charge on any atom is -0.453 e. The average molecular weight is 412 g/mol. The van der Waals surface area contributed by atoms with Crippen molar-refractivity contribution in [1.82, 2.24) is 5.32 Å². The summed E-state index contributed by atoms with van der Waals surface area (Å²) in [7, 11) is 0. The summed E-state index contributed by atoms with van der Waals surface area (Å²) in [4.78, 5) is 47.5. The average Bonchev–Trinajstić information content (AvgIpc) is 2.69. The van der Waals surface area contributed by atoms with Gasteiger partial charge in [0.25, 0.3) is 11.6 Å². The van der Waals surface area contributed by atoms with Crippen molar-refractivity contribution in [2.24, 2.45) is 0 Å². The van der Waals surface area contributed by atoms with Gasteiger partial charge >= 0.3 is 5.97 Å². The molecule has 8 nitrogen and oxygen atoms in total. The van der Waals surface area contributed by atoms with Crippen LogP contribution >= 0.6 is 0 Å². The number of nitrogens with one attached hydrogen (secondary N) is 1. The minimum atomic E-state index is -1.05. The Hall–Kier alpha value is -3.55. The van der Waals surface area contributed by atoms with Crippen molar-refractivity contribution in [3.05, 3.63) is 74.3 Å². The van der Waals surface area contributed by atoms with Crippen LogP contribution in [0.1, 0.15) is 51.3 Å². The Bertz CT molecular complexity index is 1010. The largest absolute Gasteiger partial charge is 0.453 e. The lowest BCUT2D eigenvalue weighted by atomic mass is 9.96. The number of amides is 1. The van der Waals surface area contributed by atoms with E-state index in [1.807, 2.05) is 26.8 Å². The molecule has 0 aliphatic carbocycles. The molecule has 30 heavy (non-hydrogen) atoms. The van der Waals surface area contributed by atoms with Gasteiger partial charge in [-0.15, -0.1) is 0 Å². The van der Waals surface area contributed by atoms with Gasteiger partial charge < -0.3 is 10.1 Å². The van der Waals surface area contributed by atoms with Crippen LogP contribution in [0.3, 0.4) is 0 Å². The zero-order valence-corrected chi connectivity index (χ0v) is 17.5. The van der Waals surface area contributed by atoms with Gasteiger partial charge in [0, 0.05) is 23.3 Å². The molecular weight excluding hydrogens is 388 g/mol. The van der Waals surface area contributed by atoms with Gasteiger partial charge in [0.05, 0.1) is 4.92 Å². The SMILES string of the molecule is Cc1cc(C)c(C(=O)C(C)OC(=O)C(C)NC(=O)c2cccc([N+](=O)[O-])c2)cc1C. The smallest absolute Gasteiger partial charge is 0.329 e. The van der Waals surface area contributed by atoms with Crippen LogP contribution in [-0.4, -0.2) is 34.7 Å². The van der Waals surface area contributed by atoms with Gasteiger partial charge in [-0.1, -0.05) is 12.1 Å². The molecule has 0 aliphatic heterocycles. The summed E-state index contributed by atoms with van der Waals surface area (Å²) in [5.41, 5.74) is 3.09. The molecular formula is C22H24N2O6. The summed E-state index contributed by atoms with van der Waals surface area (Å²) in [5.74, 6) is -1.77. The number of hydrogen-bond donors (Lipinski definition) is 1. The highest BCUT2D eigenvalue weighted by Crippen LogP contribution is 2.18. The molecule has 0 bridgehead atoms. The minimum absolute atomic E-state index is 0.0405. The van der Waals surface area contributed by atoms with Gasteiger partial charge in [-0.05, 0) is 63.4 Å². The number of non-ortho nitro benzene ring substituents is 1. The predicted octanol–water partition coefficient (Wildman–Crippen LogP) is 3.45. The van der Waals surface area contributed by atoms with Crippen molar-refractivity contribution < 1.29 is 24.0 Å². The second-order valence-corrected chi connectivity index (χ2v) is 7.20. The Morgan fingerprint density at radius 2 is 1.63 bits per heavy atom. The summed E-state index contributed by atoms with van der Waals surface area (Å²) >= 11 is 0. The van der Waals surface area contributed by atoms with E-state index in [2.05, 4.69) is 5.32 Å². The number of nitro groups is 1. The molecule has 0 spiro atoms. The molecule has 0 fully saturated rings. The molecule has 0 saturated carbocycles. The van der Waals surface area contributed by atoms with Gasteiger partial charge in [0.2, 0.25) is 5.78 Å². The summed E-state index contributed by atoms with van der Waals surface area (Å²) in [6.45, 7) is 8.55. The van der Waals surface area contributed by atoms with E-state index in [0.717, 1.165) is 22.8 Å². The van der Waals surface area contributed by atoms with Crippen LogP contribution in [0.4, 0.5) is 5.69 Å². The monoisotopic (exact) mass is 412 g/mol. The van der Waals surface area contributed by atoms with Crippen molar-refractivity contribution >= 4 is 23.3 Å².